The Balaban J connectivity index is 1.24. The van der Waals surface area contributed by atoms with Crippen LogP contribution in [0.15, 0.2) is 152 Å². The Morgan fingerprint density at radius 2 is 0.769 bits per heavy atom. The second kappa shape index (κ2) is 14.0. The Morgan fingerprint density at radius 1 is 0.365 bits per heavy atom. The first-order valence-corrected chi connectivity index (χ1v) is 16.9. The Bertz CT molecular complexity index is 2500. The molecule has 246 valence electrons. The maximum Gasteiger partial charge on any atom is 0.164 e. The molecule has 7 nitrogen and oxygen atoms in total. The van der Waals surface area contributed by atoms with Crippen molar-refractivity contribution in [2.24, 2.45) is 0 Å². The number of hydrogen-bond acceptors (Lipinski definition) is 7. The van der Waals surface area contributed by atoms with Crippen LogP contribution in [0.4, 0.5) is 0 Å². The number of nitrogens with zero attached hydrogens (tertiary/aromatic N) is 7. The highest BCUT2D eigenvalue weighted by Gasteiger charge is 2.17. The number of aromatic nitrogens is 6. The Kier molecular flexibility index (Phi) is 8.62. The molecule has 0 amide bonds. The van der Waals surface area contributed by atoms with E-state index in [4.69, 9.17) is 15.0 Å². The van der Waals surface area contributed by atoms with Crippen LogP contribution in [0.3, 0.4) is 0 Å². The van der Waals surface area contributed by atoms with Gasteiger partial charge in [0.25, 0.3) is 0 Å². The van der Waals surface area contributed by atoms with Gasteiger partial charge in [-0.2, -0.15) is 5.26 Å². The lowest BCUT2D eigenvalue weighted by Gasteiger charge is -2.17. The third-order valence-corrected chi connectivity index (χ3v) is 8.81. The topological polar surface area (TPSA) is 101 Å². The van der Waals surface area contributed by atoms with E-state index in [-0.39, 0.29) is 0 Å². The highest BCUT2D eigenvalue weighted by atomic mass is 15.0. The average molecular weight is 670 g/mol. The molecule has 2 aromatic heterocycles. The van der Waals surface area contributed by atoms with Gasteiger partial charge in [-0.25, -0.2) is 29.9 Å². The maximum absolute atomic E-state index is 9.71. The predicted molar refractivity (Wildman–Crippen MR) is 205 cm³/mol. The van der Waals surface area contributed by atoms with Gasteiger partial charge in [0.2, 0.25) is 0 Å². The van der Waals surface area contributed by atoms with Crippen molar-refractivity contribution in [3.05, 3.63) is 169 Å². The summed E-state index contributed by atoms with van der Waals surface area (Å²) in [5.74, 6) is 3.85. The van der Waals surface area contributed by atoms with Crippen molar-refractivity contribution in [2.45, 2.75) is 13.8 Å². The van der Waals surface area contributed by atoms with Crippen LogP contribution in [-0.4, -0.2) is 29.9 Å². The number of aryl methyl sites for hydroxylation is 2. The number of nitriles is 1. The lowest BCUT2D eigenvalue weighted by molar-refractivity contribution is 0.928. The van der Waals surface area contributed by atoms with E-state index in [2.05, 4.69) is 75.6 Å². The molecule has 0 saturated carbocycles. The molecule has 0 aliphatic rings. The van der Waals surface area contributed by atoms with E-state index in [1.165, 1.54) is 0 Å². The maximum atomic E-state index is 9.71. The van der Waals surface area contributed by atoms with Crippen LogP contribution in [0.25, 0.3) is 78.9 Å². The molecular formula is C45H31N7. The summed E-state index contributed by atoms with van der Waals surface area (Å²) in [7, 11) is 0. The summed E-state index contributed by atoms with van der Waals surface area (Å²) < 4.78 is 0. The molecule has 2 heterocycles. The van der Waals surface area contributed by atoms with E-state index in [1.807, 2.05) is 111 Å². The second-order valence-electron chi connectivity index (χ2n) is 12.4. The molecule has 0 spiro atoms. The number of benzene rings is 6. The fraction of sp³-hybridized carbons (Fsp3) is 0.0444. The third kappa shape index (κ3) is 6.57. The van der Waals surface area contributed by atoms with E-state index in [1.54, 1.807) is 0 Å². The van der Waals surface area contributed by atoms with Gasteiger partial charge in [0.1, 0.15) is 11.6 Å². The molecule has 0 radical (unpaired) electrons. The van der Waals surface area contributed by atoms with Gasteiger partial charge < -0.3 is 0 Å². The minimum atomic E-state index is 0.598. The summed E-state index contributed by atoms with van der Waals surface area (Å²) in [6.07, 6.45) is 0. The van der Waals surface area contributed by atoms with Gasteiger partial charge in [-0.3, -0.25) is 0 Å². The number of hydrogen-bond donors (Lipinski definition) is 0. The molecule has 0 saturated heterocycles. The van der Waals surface area contributed by atoms with Crippen LogP contribution in [-0.2, 0) is 0 Å². The first kappa shape index (κ1) is 32.1. The van der Waals surface area contributed by atoms with Gasteiger partial charge in [-0.1, -0.05) is 140 Å². The molecule has 6 aromatic carbocycles. The summed E-state index contributed by atoms with van der Waals surface area (Å²) in [5, 5.41) is 9.71. The lowest BCUT2D eigenvalue weighted by Crippen LogP contribution is -2.00. The first-order chi connectivity index (χ1) is 25.5. The fourth-order valence-corrected chi connectivity index (χ4v) is 6.37. The van der Waals surface area contributed by atoms with E-state index >= 15 is 0 Å². The van der Waals surface area contributed by atoms with Crippen molar-refractivity contribution in [3.63, 3.8) is 0 Å². The molecule has 52 heavy (non-hydrogen) atoms. The lowest BCUT2D eigenvalue weighted by atomic mass is 9.87. The summed E-state index contributed by atoms with van der Waals surface area (Å²) >= 11 is 0. The van der Waals surface area contributed by atoms with Crippen LogP contribution in [0.2, 0.25) is 0 Å². The van der Waals surface area contributed by atoms with Crippen molar-refractivity contribution >= 4 is 0 Å². The summed E-state index contributed by atoms with van der Waals surface area (Å²) in [6, 6.07) is 53.0. The van der Waals surface area contributed by atoms with Gasteiger partial charge in [0, 0.05) is 22.3 Å². The van der Waals surface area contributed by atoms with Gasteiger partial charge >= 0.3 is 0 Å². The molecule has 0 aliphatic heterocycles. The first-order valence-electron chi connectivity index (χ1n) is 16.9. The summed E-state index contributed by atoms with van der Waals surface area (Å²) in [4.78, 5) is 28.1. The molecule has 0 atom stereocenters. The molecule has 8 rings (SSSR count). The van der Waals surface area contributed by atoms with Gasteiger partial charge in [-0.05, 0) is 59.4 Å². The van der Waals surface area contributed by atoms with Gasteiger partial charge in [0.05, 0.1) is 11.6 Å². The van der Waals surface area contributed by atoms with Crippen molar-refractivity contribution in [1.29, 1.82) is 5.26 Å². The van der Waals surface area contributed by atoms with Crippen molar-refractivity contribution in [2.75, 3.05) is 0 Å². The van der Waals surface area contributed by atoms with Crippen molar-refractivity contribution in [3.8, 4) is 85.0 Å². The van der Waals surface area contributed by atoms with Crippen molar-refractivity contribution < 1.29 is 0 Å². The Hall–Kier alpha value is -7.17. The molecular weight excluding hydrogens is 639 g/mol. The van der Waals surface area contributed by atoms with Crippen LogP contribution >= 0.6 is 0 Å². The van der Waals surface area contributed by atoms with E-state index in [0.29, 0.717) is 40.5 Å². The third-order valence-electron chi connectivity index (χ3n) is 8.81. The summed E-state index contributed by atoms with van der Waals surface area (Å²) in [5.41, 5.74) is 10.4. The van der Waals surface area contributed by atoms with Crippen LogP contribution in [0, 0.1) is 25.2 Å². The molecule has 0 unspecified atom stereocenters. The standard InChI is InChI=1S/C45H31N7/c1-29-47-30(2)49-42(48-29)36-25-21-33(22-26-36)41-39(17-10-18-40(41)38-16-9-11-31(27-38)28-46)32-19-23-37(24-20-32)45-51-43(34-12-5-3-6-13-34)50-44(52-45)35-14-7-4-8-15-35/h3-27H,1-2H3. The molecule has 0 aliphatic carbocycles. The van der Waals surface area contributed by atoms with E-state index in [9.17, 15) is 5.26 Å². The normalized spacial score (nSPS) is 10.9. The molecule has 7 heteroatoms. The van der Waals surface area contributed by atoms with E-state index < -0.39 is 0 Å². The minimum Gasteiger partial charge on any atom is -0.219 e. The monoisotopic (exact) mass is 669 g/mol. The molecule has 0 fully saturated rings. The van der Waals surface area contributed by atoms with Gasteiger partial charge in [-0.15, -0.1) is 0 Å². The zero-order valence-corrected chi connectivity index (χ0v) is 28.6. The predicted octanol–water partition coefficient (Wildman–Crippen LogP) is 10.2. The largest absolute Gasteiger partial charge is 0.219 e. The highest BCUT2D eigenvalue weighted by molar-refractivity contribution is 5.95. The minimum absolute atomic E-state index is 0.598. The van der Waals surface area contributed by atoms with Crippen LogP contribution in [0.5, 0.6) is 0 Å². The van der Waals surface area contributed by atoms with Crippen molar-refractivity contribution in [1.82, 2.24) is 29.9 Å². The Labute approximate surface area is 302 Å². The molecule has 8 aromatic rings. The van der Waals surface area contributed by atoms with Gasteiger partial charge in [0.15, 0.2) is 23.3 Å². The SMILES string of the molecule is Cc1nc(C)nc(-c2ccc(-c3c(-c4ccc(-c5nc(-c6ccccc6)nc(-c6ccccc6)n5)cc4)cccc3-c3cccc(C#N)c3)cc2)n1. The van der Waals surface area contributed by atoms with E-state index in [0.717, 1.165) is 55.6 Å². The average Bonchev–Trinajstić information content (AvgIpc) is 3.21. The number of rotatable bonds is 7. The smallest absolute Gasteiger partial charge is 0.164 e. The van der Waals surface area contributed by atoms with Crippen LogP contribution in [0.1, 0.15) is 17.2 Å². The molecule has 0 bridgehead atoms. The fourth-order valence-electron chi connectivity index (χ4n) is 6.37. The zero-order valence-electron chi connectivity index (χ0n) is 28.6. The summed E-state index contributed by atoms with van der Waals surface area (Å²) in [6.45, 7) is 3.75. The Morgan fingerprint density at radius 3 is 1.29 bits per heavy atom. The molecule has 0 N–H and O–H groups in total. The zero-order chi connectivity index (χ0) is 35.4. The second-order valence-corrected chi connectivity index (χ2v) is 12.4. The van der Waals surface area contributed by atoms with Crippen LogP contribution < -0.4 is 0 Å². The highest BCUT2D eigenvalue weighted by Crippen LogP contribution is 2.41. The quantitative estimate of drug-likeness (QED) is 0.166.